The van der Waals surface area contributed by atoms with Gasteiger partial charge in [-0.3, -0.25) is 14.3 Å². The summed E-state index contributed by atoms with van der Waals surface area (Å²) in [4.78, 5) is 36.3. The predicted octanol–water partition coefficient (Wildman–Crippen LogP) is 2.64. The molecule has 1 aliphatic heterocycles. The number of hydrogen-bond acceptors (Lipinski definition) is 8. The number of carbonyl (C=O) groups excluding carboxylic acids is 3. The van der Waals surface area contributed by atoms with Gasteiger partial charge >= 0.3 is 17.9 Å². The molecule has 1 N–H and O–H groups in total. The molecule has 0 aromatic rings. The Bertz CT molecular complexity index is 902. The Hall–Kier alpha value is -2.19. The summed E-state index contributed by atoms with van der Waals surface area (Å²) in [5.41, 5.74) is 0.339. The molecule has 176 valence electrons. The van der Waals surface area contributed by atoms with Crippen LogP contribution in [0.4, 0.5) is 0 Å². The van der Waals surface area contributed by atoms with Crippen molar-refractivity contribution >= 4 is 17.9 Å². The van der Waals surface area contributed by atoms with Gasteiger partial charge in [-0.05, 0) is 44.1 Å². The summed E-state index contributed by atoms with van der Waals surface area (Å²) in [6, 6.07) is 0. The average Bonchev–Trinajstić information content (AvgIpc) is 3.08. The Labute approximate surface area is 187 Å². The normalized spacial score (nSPS) is 41.4. The number of aliphatic hydroxyl groups excluding tert-OH is 1. The Morgan fingerprint density at radius 3 is 2.38 bits per heavy atom. The zero-order valence-corrected chi connectivity index (χ0v) is 19.4. The van der Waals surface area contributed by atoms with Crippen molar-refractivity contribution in [2.45, 2.75) is 79.2 Å². The fraction of sp³-hybridized carbons (Fsp3) is 0.708. The summed E-state index contributed by atoms with van der Waals surface area (Å²) < 4.78 is 22.8. The molecule has 1 heterocycles. The molecule has 32 heavy (non-hydrogen) atoms. The highest BCUT2D eigenvalue weighted by molar-refractivity contribution is 5.87. The SMILES string of the molecule is CC=C(C)C(=O)OC1C=C2C(OC(C)=O)OC(OC(C)=O)C3C(O)CC4C(C)(C)C1CC234. The average molecular weight is 449 g/mol. The van der Waals surface area contributed by atoms with Crippen LogP contribution >= 0.6 is 0 Å². The molecule has 8 unspecified atom stereocenters. The highest BCUT2D eigenvalue weighted by Gasteiger charge is 2.75. The van der Waals surface area contributed by atoms with Crippen LogP contribution in [0.3, 0.4) is 0 Å². The molecule has 0 amide bonds. The molecule has 8 atom stereocenters. The molecular formula is C24H32O8. The molecule has 0 radical (unpaired) electrons. The van der Waals surface area contributed by atoms with Crippen molar-refractivity contribution in [3.63, 3.8) is 0 Å². The number of aliphatic hydroxyl groups is 1. The molecular weight excluding hydrogens is 416 g/mol. The molecule has 1 saturated heterocycles. The van der Waals surface area contributed by atoms with Gasteiger partial charge in [-0.1, -0.05) is 19.9 Å². The minimum atomic E-state index is -1.08. The van der Waals surface area contributed by atoms with E-state index in [4.69, 9.17) is 18.9 Å². The molecule has 8 nitrogen and oxygen atoms in total. The summed E-state index contributed by atoms with van der Waals surface area (Å²) in [5, 5.41) is 11.1. The maximum absolute atomic E-state index is 12.6. The van der Waals surface area contributed by atoms with Crippen LogP contribution in [-0.4, -0.2) is 47.8 Å². The molecule has 3 fully saturated rings. The van der Waals surface area contributed by atoms with Gasteiger partial charge < -0.3 is 19.3 Å². The Morgan fingerprint density at radius 1 is 1.12 bits per heavy atom. The van der Waals surface area contributed by atoms with Crippen LogP contribution in [0.1, 0.15) is 54.4 Å². The van der Waals surface area contributed by atoms with Crippen molar-refractivity contribution in [3.05, 3.63) is 23.3 Å². The monoisotopic (exact) mass is 448 g/mol. The summed E-state index contributed by atoms with van der Waals surface area (Å²) in [7, 11) is 0. The number of fused-ring (bicyclic) bond motifs is 1. The minimum Gasteiger partial charge on any atom is -0.454 e. The lowest BCUT2D eigenvalue weighted by Gasteiger charge is -2.50. The van der Waals surface area contributed by atoms with E-state index in [0.29, 0.717) is 24.0 Å². The van der Waals surface area contributed by atoms with E-state index in [1.807, 2.05) is 6.08 Å². The quantitative estimate of drug-likeness (QED) is 0.303. The number of ether oxygens (including phenoxy) is 4. The Balaban J connectivity index is 1.83. The van der Waals surface area contributed by atoms with Gasteiger partial charge in [-0.25, -0.2) is 4.79 Å². The number of carbonyl (C=O) groups is 3. The van der Waals surface area contributed by atoms with Crippen molar-refractivity contribution in [1.29, 1.82) is 0 Å². The van der Waals surface area contributed by atoms with Gasteiger partial charge in [0.2, 0.25) is 12.6 Å². The smallest absolute Gasteiger partial charge is 0.333 e. The Kier molecular flexibility index (Phi) is 5.53. The van der Waals surface area contributed by atoms with E-state index >= 15 is 0 Å². The molecule has 4 rings (SSSR count). The highest BCUT2D eigenvalue weighted by Crippen LogP contribution is 2.74. The van der Waals surface area contributed by atoms with Crippen LogP contribution in [0, 0.1) is 28.6 Å². The molecule has 0 aromatic heterocycles. The van der Waals surface area contributed by atoms with E-state index in [-0.39, 0.29) is 17.3 Å². The van der Waals surface area contributed by atoms with E-state index in [2.05, 4.69) is 13.8 Å². The second-order valence-electron chi connectivity index (χ2n) is 10.1. The third-order valence-corrected chi connectivity index (χ3v) is 8.16. The van der Waals surface area contributed by atoms with Gasteiger partial charge in [0.15, 0.2) is 0 Å². The summed E-state index contributed by atoms with van der Waals surface area (Å²) >= 11 is 0. The second-order valence-corrected chi connectivity index (χ2v) is 10.1. The standard InChI is InChI=1S/C24H32O8/c1-7-11(2)20(28)31-17-8-14-21(29-12(3)25)32-22(30-13(4)26)19-16(27)9-18-23(5,6)15(17)10-24(14,18)19/h7-8,15-19,21-22,27H,9-10H2,1-6H3. The van der Waals surface area contributed by atoms with E-state index < -0.39 is 54.0 Å². The maximum atomic E-state index is 12.6. The Morgan fingerprint density at radius 2 is 1.78 bits per heavy atom. The first-order valence-electron chi connectivity index (χ1n) is 11.2. The van der Waals surface area contributed by atoms with Crippen LogP contribution in [0.25, 0.3) is 0 Å². The molecule has 2 bridgehead atoms. The predicted molar refractivity (Wildman–Crippen MR) is 112 cm³/mol. The van der Waals surface area contributed by atoms with Crippen LogP contribution in [0.15, 0.2) is 23.3 Å². The van der Waals surface area contributed by atoms with Gasteiger partial charge in [0, 0.05) is 36.3 Å². The first-order chi connectivity index (χ1) is 14.9. The minimum absolute atomic E-state index is 0.00564. The van der Waals surface area contributed by atoms with Crippen molar-refractivity contribution in [3.8, 4) is 0 Å². The maximum Gasteiger partial charge on any atom is 0.333 e. The molecule has 8 heteroatoms. The van der Waals surface area contributed by atoms with Crippen molar-refractivity contribution < 1.29 is 38.4 Å². The summed E-state index contributed by atoms with van der Waals surface area (Å²) in [6.07, 6.45) is 1.28. The van der Waals surface area contributed by atoms with Crippen LogP contribution in [0.2, 0.25) is 0 Å². The second kappa shape index (κ2) is 7.70. The highest BCUT2D eigenvalue weighted by atomic mass is 16.8. The number of allylic oxidation sites excluding steroid dienone is 1. The van der Waals surface area contributed by atoms with Gasteiger partial charge in [0.05, 0.1) is 12.0 Å². The van der Waals surface area contributed by atoms with Crippen LogP contribution < -0.4 is 0 Å². The van der Waals surface area contributed by atoms with E-state index in [1.54, 1.807) is 19.9 Å². The van der Waals surface area contributed by atoms with E-state index in [1.165, 1.54) is 13.8 Å². The van der Waals surface area contributed by atoms with Crippen molar-refractivity contribution in [2.75, 3.05) is 0 Å². The topological polar surface area (TPSA) is 108 Å². The lowest BCUT2D eigenvalue weighted by atomic mass is 9.62. The molecule has 2 saturated carbocycles. The van der Waals surface area contributed by atoms with Gasteiger partial charge in [0.25, 0.3) is 0 Å². The molecule has 0 aromatic carbocycles. The lowest BCUT2D eigenvalue weighted by molar-refractivity contribution is -0.281. The molecule has 1 spiro atoms. The number of esters is 3. The fourth-order valence-electron chi connectivity index (χ4n) is 6.76. The molecule has 4 aliphatic rings. The van der Waals surface area contributed by atoms with E-state index in [9.17, 15) is 19.5 Å². The van der Waals surface area contributed by atoms with Gasteiger partial charge in [0.1, 0.15) is 6.10 Å². The molecule has 3 aliphatic carbocycles. The summed E-state index contributed by atoms with van der Waals surface area (Å²) in [6.45, 7) is 10.3. The van der Waals surface area contributed by atoms with Gasteiger partial charge in [-0.15, -0.1) is 0 Å². The van der Waals surface area contributed by atoms with Crippen LogP contribution in [0.5, 0.6) is 0 Å². The summed E-state index contributed by atoms with van der Waals surface area (Å²) in [5.74, 6) is -1.96. The first kappa shape index (κ1) is 23.0. The van der Waals surface area contributed by atoms with Crippen molar-refractivity contribution in [2.24, 2.45) is 28.6 Å². The van der Waals surface area contributed by atoms with Gasteiger partial charge in [-0.2, -0.15) is 0 Å². The number of rotatable bonds is 4. The number of hydrogen-bond donors (Lipinski definition) is 1. The third-order valence-electron chi connectivity index (χ3n) is 8.16. The lowest BCUT2D eigenvalue weighted by Crippen LogP contribution is -2.55. The zero-order chi connectivity index (χ0) is 23.6. The third kappa shape index (κ3) is 3.22. The fourth-order valence-corrected chi connectivity index (χ4v) is 6.76. The van der Waals surface area contributed by atoms with E-state index in [0.717, 1.165) is 0 Å². The zero-order valence-electron chi connectivity index (χ0n) is 19.4. The first-order valence-corrected chi connectivity index (χ1v) is 11.2. The van der Waals surface area contributed by atoms with Crippen LogP contribution in [-0.2, 0) is 33.3 Å². The largest absolute Gasteiger partial charge is 0.454 e. The van der Waals surface area contributed by atoms with Crippen molar-refractivity contribution in [1.82, 2.24) is 0 Å².